The molecule has 19 heteroatoms. The fourth-order valence-electron chi connectivity index (χ4n) is 10.6. The molecule has 0 saturated carbocycles. The van der Waals surface area contributed by atoms with E-state index in [1.165, 1.54) is 154 Å². The van der Waals surface area contributed by atoms with Gasteiger partial charge in [0.2, 0.25) is 0 Å². The largest absolute Gasteiger partial charge is 0.472 e. The number of aliphatic hydroxyl groups excluding tert-OH is 1. The number of aliphatic hydroxyl groups is 1. The summed E-state index contributed by atoms with van der Waals surface area (Å²) in [7, 11) is -9.91. The van der Waals surface area contributed by atoms with Gasteiger partial charge in [-0.3, -0.25) is 37.3 Å². The normalized spacial score (nSPS) is 14.6. The van der Waals surface area contributed by atoms with Crippen LogP contribution < -0.4 is 0 Å². The average Bonchev–Trinajstić information content (AvgIpc) is 2.75. The molecule has 0 aromatic carbocycles. The molecular weight excluding hydrogens is 1190 g/mol. The van der Waals surface area contributed by atoms with Crippen LogP contribution in [-0.2, 0) is 65.4 Å². The predicted octanol–water partition coefficient (Wildman–Crippen LogP) is 20.1. The molecule has 0 rings (SSSR count). The highest BCUT2D eigenvalue weighted by Gasteiger charge is 2.30. The van der Waals surface area contributed by atoms with E-state index < -0.39 is 97.5 Å². The van der Waals surface area contributed by atoms with Gasteiger partial charge >= 0.3 is 39.5 Å². The monoisotopic (exact) mass is 1320 g/mol. The maximum Gasteiger partial charge on any atom is 0.472 e. The lowest BCUT2D eigenvalue weighted by Crippen LogP contribution is -2.30. The first kappa shape index (κ1) is 88.1. The van der Waals surface area contributed by atoms with E-state index in [2.05, 4.69) is 55.4 Å². The van der Waals surface area contributed by atoms with Crippen LogP contribution in [0.4, 0.5) is 0 Å². The van der Waals surface area contributed by atoms with Crippen molar-refractivity contribution < 1.29 is 80.2 Å². The van der Waals surface area contributed by atoms with Crippen molar-refractivity contribution in [2.75, 3.05) is 39.6 Å². The van der Waals surface area contributed by atoms with E-state index in [1.54, 1.807) is 0 Å². The van der Waals surface area contributed by atoms with E-state index in [-0.39, 0.29) is 25.7 Å². The Morgan fingerprint density at radius 3 is 0.789 bits per heavy atom. The van der Waals surface area contributed by atoms with E-state index in [1.807, 2.05) is 0 Å². The Bertz CT molecular complexity index is 1780. The van der Waals surface area contributed by atoms with Crippen LogP contribution in [0.2, 0.25) is 0 Å². The van der Waals surface area contributed by atoms with Crippen molar-refractivity contribution in [3.8, 4) is 0 Å². The fourth-order valence-corrected chi connectivity index (χ4v) is 12.2. The summed E-state index contributed by atoms with van der Waals surface area (Å²) in [6.07, 6.45) is 43.0. The highest BCUT2D eigenvalue weighted by molar-refractivity contribution is 7.47. The molecule has 0 aromatic rings. The Morgan fingerprint density at radius 1 is 0.311 bits per heavy atom. The van der Waals surface area contributed by atoms with Gasteiger partial charge in [-0.25, -0.2) is 9.13 Å². The maximum atomic E-state index is 13.0. The van der Waals surface area contributed by atoms with Crippen LogP contribution in [0, 0.1) is 23.7 Å². The van der Waals surface area contributed by atoms with Crippen molar-refractivity contribution in [2.24, 2.45) is 23.7 Å². The summed E-state index contributed by atoms with van der Waals surface area (Å²) in [6, 6.07) is 0. The Balaban J connectivity index is 5.28. The molecule has 0 heterocycles. The number of carbonyl (C=O) groups is 4. The van der Waals surface area contributed by atoms with Gasteiger partial charge in [0.15, 0.2) is 12.2 Å². The average molecular weight is 1330 g/mol. The topological polar surface area (TPSA) is 237 Å². The number of hydrogen-bond acceptors (Lipinski definition) is 15. The molecule has 6 atom stereocenters. The second-order valence-corrected chi connectivity index (χ2v) is 30.2. The summed E-state index contributed by atoms with van der Waals surface area (Å²) in [5.74, 6) is 0.895. The third-order valence-electron chi connectivity index (χ3n) is 16.7. The minimum absolute atomic E-state index is 0.104. The standard InChI is InChI=1S/C71H138O17P2/c1-9-64(8)50-42-34-26-21-22-28-36-44-52-69(74)82-58-67(88-71(76)54-46-38-30-20-14-17-25-33-41-49-63(6)7)60-86-90(79,80)84-56-65(72)55-83-89(77,78)85-59-66(57-81-68(73)51-43-35-27-19-13-16-24-32-40-48-62(4)5)87-70(75)53-45-37-29-18-12-10-11-15-23-31-39-47-61(2)3/h61-67,72H,9-60H2,1-8H3,(H,77,78)(H,79,80)/t64?,65-,66-,67-/m1/s1. The Morgan fingerprint density at radius 2 is 0.533 bits per heavy atom. The highest BCUT2D eigenvalue weighted by atomic mass is 31.2. The third-order valence-corrected chi connectivity index (χ3v) is 18.6. The van der Waals surface area contributed by atoms with E-state index in [9.17, 15) is 43.2 Å². The van der Waals surface area contributed by atoms with Crippen LogP contribution in [0.5, 0.6) is 0 Å². The van der Waals surface area contributed by atoms with E-state index >= 15 is 0 Å². The summed E-state index contributed by atoms with van der Waals surface area (Å²) in [5.41, 5.74) is 0. The Labute approximate surface area is 549 Å². The summed E-state index contributed by atoms with van der Waals surface area (Å²) in [5, 5.41) is 10.6. The maximum absolute atomic E-state index is 13.0. The van der Waals surface area contributed by atoms with Crippen LogP contribution in [0.15, 0.2) is 0 Å². The minimum atomic E-state index is -4.95. The zero-order valence-electron chi connectivity index (χ0n) is 58.8. The number of hydrogen-bond donors (Lipinski definition) is 3. The van der Waals surface area contributed by atoms with E-state index in [4.69, 9.17) is 37.0 Å². The van der Waals surface area contributed by atoms with Gasteiger partial charge in [-0.15, -0.1) is 0 Å². The van der Waals surface area contributed by atoms with Gasteiger partial charge in [-0.05, 0) is 49.4 Å². The molecule has 3 unspecified atom stereocenters. The van der Waals surface area contributed by atoms with E-state index in [0.717, 1.165) is 114 Å². The second-order valence-electron chi connectivity index (χ2n) is 27.3. The molecular formula is C71H138O17P2. The highest BCUT2D eigenvalue weighted by Crippen LogP contribution is 2.45. The molecule has 0 aliphatic carbocycles. The van der Waals surface area contributed by atoms with Gasteiger partial charge in [-0.1, -0.05) is 299 Å². The molecule has 0 fully saturated rings. The first-order chi connectivity index (χ1) is 43.1. The SMILES string of the molecule is CCC(C)CCCCCCCCCCC(=O)OC[C@H](COP(=O)(O)OC[C@H](O)COP(=O)(O)OC[C@@H](COC(=O)CCCCCCCCCCCC(C)C)OC(=O)CCCCCCCCCCCCCC(C)C)OC(=O)CCCCCCCCCCCC(C)C. The number of esters is 4. The van der Waals surface area contributed by atoms with Gasteiger partial charge in [0.1, 0.15) is 19.3 Å². The van der Waals surface area contributed by atoms with Gasteiger partial charge in [0, 0.05) is 25.7 Å². The van der Waals surface area contributed by atoms with E-state index in [0.29, 0.717) is 25.7 Å². The molecule has 0 aromatic heterocycles. The molecule has 0 radical (unpaired) electrons. The van der Waals surface area contributed by atoms with Gasteiger partial charge in [0.25, 0.3) is 0 Å². The molecule has 0 amide bonds. The van der Waals surface area contributed by atoms with Crippen LogP contribution in [0.25, 0.3) is 0 Å². The molecule has 90 heavy (non-hydrogen) atoms. The summed E-state index contributed by atoms with van der Waals surface area (Å²) < 4.78 is 68.3. The third kappa shape index (κ3) is 63.5. The van der Waals surface area contributed by atoms with Crippen LogP contribution >= 0.6 is 15.6 Å². The quantitative estimate of drug-likeness (QED) is 0.0222. The zero-order valence-corrected chi connectivity index (χ0v) is 60.6. The molecule has 534 valence electrons. The summed E-state index contributed by atoms with van der Waals surface area (Å²) >= 11 is 0. The summed E-state index contributed by atoms with van der Waals surface area (Å²) in [4.78, 5) is 72.6. The first-order valence-electron chi connectivity index (χ1n) is 36.7. The Hall–Kier alpha value is -1.94. The number of phosphoric acid groups is 2. The lowest BCUT2D eigenvalue weighted by atomic mass is 9.99. The first-order valence-corrected chi connectivity index (χ1v) is 39.7. The van der Waals surface area contributed by atoms with Gasteiger partial charge in [-0.2, -0.15) is 0 Å². The molecule has 17 nitrogen and oxygen atoms in total. The lowest BCUT2D eigenvalue weighted by molar-refractivity contribution is -0.161. The van der Waals surface area contributed by atoms with Gasteiger partial charge < -0.3 is 33.8 Å². The lowest BCUT2D eigenvalue weighted by Gasteiger charge is -2.21. The fraction of sp³-hybridized carbons (Fsp3) is 0.944. The number of carbonyl (C=O) groups excluding carboxylic acids is 4. The minimum Gasteiger partial charge on any atom is -0.462 e. The predicted molar refractivity (Wildman–Crippen MR) is 363 cm³/mol. The zero-order chi connectivity index (χ0) is 66.8. The Kier molecular flexibility index (Phi) is 59.4. The molecule has 0 aliphatic rings. The number of ether oxygens (including phenoxy) is 4. The number of phosphoric ester groups is 2. The van der Waals surface area contributed by atoms with Crippen LogP contribution in [0.1, 0.15) is 351 Å². The van der Waals surface area contributed by atoms with Crippen molar-refractivity contribution in [3.63, 3.8) is 0 Å². The smallest absolute Gasteiger partial charge is 0.462 e. The molecule has 3 N–H and O–H groups in total. The molecule has 0 bridgehead atoms. The number of unbranched alkanes of at least 4 members (excludes halogenated alkanes) is 33. The molecule has 0 aliphatic heterocycles. The van der Waals surface area contributed by atoms with Crippen LogP contribution in [0.3, 0.4) is 0 Å². The van der Waals surface area contributed by atoms with Crippen LogP contribution in [-0.4, -0.2) is 96.7 Å². The number of rotatable bonds is 68. The molecule has 0 spiro atoms. The van der Waals surface area contributed by atoms with Crippen molar-refractivity contribution in [1.82, 2.24) is 0 Å². The second kappa shape index (κ2) is 60.7. The van der Waals surface area contributed by atoms with Crippen molar-refractivity contribution in [1.29, 1.82) is 0 Å². The van der Waals surface area contributed by atoms with Gasteiger partial charge in [0.05, 0.1) is 26.4 Å². The molecule has 0 saturated heterocycles. The van der Waals surface area contributed by atoms with Crippen molar-refractivity contribution in [2.45, 2.75) is 369 Å². The summed E-state index contributed by atoms with van der Waals surface area (Å²) in [6.45, 7) is 14.1. The van der Waals surface area contributed by atoms with Crippen molar-refractivity contribution >= 4 is 39.5 Å². The van der Waals surface area contributed by atoms with Crippen molar-refractivity contribution in [3.05, 3.63) is 0 Å².